The van der Waals surface area contributed by atoms with E-state index in [1.54, 1.807) is 6.92 Å². The maximum atomic E-state index is 11.9. The van der Waals surface area contributed by atoms with Crippen molar-refractivity contribution in [2.24, 2.45) is 0 Å². The standard InChI is InChI=1S/C14H16N4O2/c1-9-4-6-12(7-5-9)15-13(20)8-18-10(2)14(11(3)19)16-17-18/h4-7H,8H2,1-3H3,(H,15,20). The molecule has 6 heteroatoms. The van der Waals surface area contributed by atoms with E-state index >= 15 is 0 Å². The zero-order chi connectivity index (χ0) is 14.7. The molecule has 0 saturated carbocycles. The first kappa shape index (κ1) is 13.9. The van der Waals surface area contributed by atoms with Gasteiger partial charge in [-0.2, -0.15) is 0 Å². The number of amides is 1. The van der Waals surface area contributed by atoms with Gasteiger partial charge in [-0.25, -0.2) is 4.68 Å². The van der Waals surface area contributed by atoms with Crippen LogP contribution in [0, 0.1) is 13.8 Å². The largest absolute Gasteiger partial charge is 0.324 e. The Morgan fingerprint density at radius 1 is 1.20 bits per heavy atom. The van der Waals surface area contributed by atoms with Crippen LogP contribution in [0.25, 0.3) is 0 Å². The Bertz CT molecular complexity index is 644. The number of nitrogens with zero attached hydrogens (tertiary/aromatic N) is 3. The van der Waals surface area contributed by atoms with Gasteiger partial charge in [0.2, 0.25) is 5.91 Å². The zero-order valence-electron chi connectivity index (χ0n) is 11.7. The van der Waals surface area contributed by atoms with E-state index in [4.69, 9.17) is 0 Å². The first-order chi connectivity index (χ1) is 9.47. The normalized spacial score (nSPS) is 10.3. The van der Waals surface area contributed by atoms with Gasteiger partial charge in [0.1, 0.15) is 6.54 Å². The Balaban J connectivity index is 2.05. The van der Waals surface area contributed by atoms with Gasteiger partial charge in [-0.15, -0.1) is 5.10 Å². The predicted octanol–water partition coefficient (Wildman–Crippen LogP) is 1.74. The monoisotopic (exact) mass is 272 g/mol. The van der Waals surface area contributed by atoms with Crippen molar-refractivity contribution >= 4 is 17.4 Å². The van der Waals surface area contributed by atoms with E-state index in [1.807, 2.05) is 31.2 Å². The molecule has 1 N–H and O–H groups in total. The van der Waals surface area contributed by atoms with Gasteiger partial charge >= 0.3 is 0 Å². The van der Waals surface area contributed by atoms with Crippen LogP contribution in [-0.2, 0) is 11.3 Å². The molecular weight excluding hydrogens is 256 g/mol. The third kappa shape index (κ3) is 3.09. The summed E-state index contributed by atoms with van der Waals surface area (Å²) in [6.07, 6.45) is 0. The molecule has 1 aromatic heterocycles. The van der Waals surface area contributed by atoms with Crippen molar-refractivity contribution in [1.29, 1.82) is 0 Å². The Hall–Kier alpha value is -2.50. The topological polar surface area (TPSA) is 76.9 Å². The van der Waals surface area contributed by atoms with E-state index in [-0.39, 0.29) is 18.2 Å². The van der Waals surface area contributed by atoms with Crippen LogP contribution in [-0.4, -0.2) is 26.7 Å². The molecule has 1 heterocycles. The van der Waals surface area contributed by atoms with Crippen LogP contribution in [0.3, 0.4) is 0 Å². The third-order valence-electron chi connectivity index (χ3n) is 2.94. The van der Waals surface area contributed by atoms with Crippen LogP contribution in [0.4, 0.5) is 5.69 Å². The van der Waals surface area contributed by atoms with E-state index in [0.29, 0.717) is 11.4 Å². The second-order valence-corrected chi connectivity index (χ2v) is 4.65. The summed E-state index contributed by atoms with van der Waals surface area (Å²) in [6, 6.07) is 7.51. The van der Waals surface area contributed by atoms with Crippen molar-refractivity contribution < 1.29 is 9.59 Å². The average molecular weight is 272 g/mol. The lowest BCUT2D eigenvalue weighted by molar-refractivity contribution is -0.117. The molecule has 1 amide bonds. The molecule has 104 valence electrons. The zero-order valence-corrected chi connectivity index (χ0v) is 11.7. The Labute approximate surface area is 116 Å². The molecule has 0 spiro atoms. The lowest BCUT2D eigenvalue weighted by Crippen LogP contribution is -2.20. The second kappa shape index (κ2) is 5.64. The average Bonchev–Trinajstić information content (AvgIpc) is 2.74. The van der Waals surface area contributed by atoms with Crippen LogP contribution in [0.5, 0.6) is 0 Å². The van der Waals surface area contributed by atoms with Crippen molar-refractivity contribution in [3.8, 4) is 0 Å². The maximum absolute atomic E-state index is 11.9. The van der Waals surface area contributed by atoms with E-state index in [1.165, 1.54) is 11.6 Å². The minimum atomic E-state index is -0.211. The summed E-state index contributed by atoms with van der Waals surface area (Å²) < 4.78 is 1.42. The van der Waals surface area contributed by atoms with E-state index in [9.17, 15) is 9.59 Å². The lowest BCUT2D eigenvalue weighted by atomic mass is 10.2. The number of nitrogens with one attached hydrogen (secondary N) is 1. The highest BCUT2D eigenvalue weighted by atomic mass is 16.2. The van der Waals surface area contributed by atoms with Crippen LogP contribution in [0.2, 0.25) is 0 Å². The van der Waals surface area contributed by atoms with Gasteiger partial charge < -0.3 is 5.32 Å². The number of aryl methyl sites for hydroxylation is 1. The molecule has 0 aliphatic rings. The molecule has 6 nitrogen and oxygen atoms in total. The highest BCUT2D eigenvalue weighted by Gasteiger charge is 2.14. The van der Waals surface area contributed by atoms with E-state index < -0.39 is 0 Å². The number of anilines is 1. The summed E-state index contributed by atoms with van der Waals surface area (Å²) in [5, 5.41) is 10.4. The number of ketones is 1. The smallest absolute Gasteiger partial charge is 0.246 e. The summed E-state index contributed by atoms with van der Waals surface area (Å²) in [5.41, 5.74) is 2.75. The quantitative estimate of drug-likeness (QED) is 0.860. The first-order valence-electron chi connectivity index (χ1n) is 6.25. The van der Waals surface area contributed by atoms with Gasteiger partial charge in [-0.05, 0) is 26.0 Å². The summed E-state index contributed by atoms with van der Waals surface area (Å²) in [4.78, 5) is 23.2. The van der Waals surface area contributed by atoms with Crippen molar-refractivity contribution in [3.63, 3.8) is 0 Å². The minimum Gasteiger partial charge on any atom is -0.324 e. The van der Waals surface area contributed by atoms with Gasteiger partial charge in [0, 0.05) is 12.6 Å². The molecule has 0 saturated heterocycles. The Kier molecular flexibility index (Phi) is 3.93. The molecule has 0 radical (unpaired) electrons. The predicted molar refractivity (Wildman–Crippen MR) is 74.6 cm³/mol. The fourth-order valence-electron chi connectivity index (χ4n) is 1.81. The minimum absolute atomic E-state index is 0.0278. The van der Waals surface area contributed by atoms with Crippen LogP contribution in [0.15, 0.2) is 24.3 Å². The number of carbonyl (C=O) groups excluding carboxylic acids is 2. The molecular formula is C14H16N4O2. The number of hydrogen-bond donors (Lipinski definition) is 1. The van der Waals surface area contributed by atoms with E-state index in [0.717, 1.165) is 11.3 Å². The maximum Gasteiger partial charge on any atom is 0.246 e. The molecule has 1 aromatic carbocycles. The molecule has 0 aliphatic heterocycles. The van der Waals surface area contributed by atoms with Crippen LogP contribution < -0.4 is 5.32 Å². The van der Waals surface area contributed by atoms with E-state index in [2.05, 4.69) is 15.6 Å². The lowest BCUT2D eigenvalue weighted by Gasteiger charge is -2.06. The molecule has 0 unspecified atom stereocenters. The van der Waals surface area contributed by atoms with Crippen LogP contribution >= 0.6 is 0 Å². The molecule has 0 bridgehead atoms. The number of rotatable bonds is 4. The van der Waals surface area contributed by atoms with Gasteiger partial charge in [0.15, 0.2) is 11.5 Å². The number of hydrogen-bond acceptors (Lipinski definition) is 4. The van der Waals surface area contributed by atoms with Gasteiger partial charge in [0.05, 0.1) is 5.69 Å². The highest BCUT2D eigenvalue weighted by molar-refractivity contribution is 5.93. The molecule has 0 aliphatic carbocycles. The fourth-order valence-corrected chi connectivity index (χ4v) is 1.81. The van der Waals surface area contributed by atoms with Gasteiger partial charge in [-0.3, -0.25) is 9.59 Å². The van der Waals surface area contributed by atoms with Crippen LogP contribution in [0.1, 0.15) is 28.7 Å². The molecule has 0 atom stereocenters. The second-order valence-electron chi connectivity index (χ2n) is 4.65. The SMILES string of the molecule is CC(=O)c1nnn(CC(=O)Nc2ccc(C)cc2)c1C. The Morgan fingerprint density at radius 3 is 2.40 bits per heavy atom. The fraction of sp³-hybridized carbons (Fsp3) is 0.286. The molecule has 20 heavy (non-hydrogen) atoms. The number of aromatic nitrogens is 3. The number of Topliss-reactive ketones (excluding diaryl/α,β-unsaturated/α-hetero) is 1. The van der Waals surface area contributed by atoms with Crippen molar-refractivity contribution in [2.75, 3.05) is 5.32 Å². The molecule has 2 aromatic rings. The van der Waals surface area contributed by atoms with Crippen molar-refractivity contribution in [1.82, 2.24) is 15.0 Å². The van der Waals surface area contributed by atoms with Gasteiger partial charge in [0.25, 0.3) is 0 Å². The van der Waals surface area contributed by atoms with Gasteiger partial charge in [-0.1, -0.05) is 22.9 Å². The number of benzene rings is 1. The highest BCUT2D eigenvalue weighted by Crippen LogP contribution is 2.09. The van der Waals surface area contributed by atoms with Crippen molar-refractivity contribution in [3.05, 3.63) is 41.2 Å². The first-order valence-corrected chi connectivity index (χ1v) is 6.25. The number of carbonyl (C=O) groups is 2. The molecule has 2 rings (SSSR count). The molecule has 0 fully saturated rings. The summed E-state index contributed by atoms with van der Waals surface area (Å²) in [6.45, 7) is 5.15. The van der Waals surface area contributed by atoms with Crippen molar-refractivity contribution in [2.45, 2.75) is 27.3 Å². The summed E-state index contributed by atoms with van der Waals surface area (Å²) in [7, 11) is 0. The summed E-state index contributed by atoms with van der Waals surface area (Å²) in [5.74, 6) is -0.371. The third-order valence-corrected chi connectivity index (χ3v) is 2.94. The Morgan fingerprint density at radius 2 is 1.85 bits per heavy atom. The summed E-state index contributed by atoms with van der Waals surface area (Å²) >= 11 is 0.